The van der Waals surface area contributed by atoms with Crippen molar-refractivity contribution in [3.63, 3.8) is 0 Å². The van der Waals surface area contributed by atoms with Crippen LogP contribution < -0.4 is 5.73 Å². The van der Waals surface area contributed by atoms with E-state index in [-0.39, 0.29) is 0 Å². The first-order valence-electron chi connectivity index (χ1n) is 5.36. The average molecular weight is 241 g/mol. The van der Waals surface area contributed by atoms with Gasteiger partial charge in [0.1, 0.15) is 17.2 Å². The topological polar surface area (TPSA) is 98.3 Å². The Labute approximate surface area is 103 Å². The number of pyridine rings is 1. The van der Waals surface area contributed by atoms with Gasteiger partial charge in [-0.1, -0.05) is 0 Å². The van der Waals surface area contributed by atoms with Crippen molar-refractivity contribution in [3.8, 4) is 22.5 Å². The molecule has 3 heterocycles. The summed E-state index contributed by atoms with van der Waals surface area (Å²) in [6.45, 7) is 0. The van der Waals surface area contributed by atoms with Crippen LogP contribution in [0.1, 0.15) is 0 Å². The number of H-pyrrole nitrogens is 1. The summed E-state index contributed by atoms with van der Waals surface area (Å²) in [5.74, 6) is 0.583. The van der Waals surface area contributed by atoms with Crippen LogP contribution in [0.5, 0.6) is 0 Å². The van der Waals surface area contributed by atoms with Crippen molar-refractivity contribution in [1.82, 2.24) is 30.2 Å². The third kappa shape index (κ3) is 1.53. The quantitative estimate of drug-likeness (QED) is 0.693. The van der Waals surface area contributed by atoms with Gasteiger partial charge in [-0.2, -0.15) is 20.5 Å². The molecule has 18 heavy (non-hydrogen) atoms. The van der Waals surface area contributed by atoms with Crippen molar-refractivity contribution in [1.29, 1.82) is 0 Å². The predicted molar refractivity (Wildman–Crippen MR) is 66.2 cm³/mol. The van der Waals surface area contributed by atoms with E-state index in [0.29, 0.717) is 17.2 Å². The summed E-state index contributed by atoms with van der Waals surface area (Å²) in [4.78, 5) is 4.00. The molecule has 0 amide bonds. The molecule has 0 radical (unpaired) electrons. The Bertz CT molecular complexity index is 654. The van der Waals surface area contributed by atoms with Crippen LogP contribution in [0.15, 0.2) is 30.7 Å². The van der Waals surface area contributed by atoms with E-state index in [1.54, 1.807) is 30.3 Å². The number of aryl methyl sites for hydroxylation is 1. The Morgan fingerprint density at radius 2 is 2.06 bits per heavy atom. The van der Waals surface area contributed by atoms with E-state index in [1.807, 2.05) is 12.1 Å². The zero-order valence-electron chi connectivity index (χ0n) is 9.70. The maximum absolute atomic E-state index is 6.06. The lowest BCUT2D eigenvalue weighted by Crippen LogP contribution is -1.97. The van der Waals surface area contributed by atoms with E-state index in [1.165, 1.54) is 0 Å². The van der Waals surface area contributed by atoms with Gasteiger partial charge in [-0.05, 0) is 17.7 Å². The minimum absolute atomic E-state index is 0.583. The Balaban J connectivity index is 2.26. The second-order valence-corrected chi connectivity index (χ2v) is 3.82. The molecule has 0 aliphatic carbocycles. The van der Waals surface area contributed by atoms with Crippen LogP contribution in [-0.2, 0) is 7.05 Å². The molecule has 3 aromatic rings. The minimum Gasteiger partial charge on any atom is -0.383 e. The lowest BCUT2D eigenvalue weighted by molar-refractivity contribution is 0.781. The summed E-state index contributed by atoms with van der Waals surface area (Å²) in [7, 11) is 1.80. The summed E-state index contributed by atoms with van der Waals surface area (Å²) < 4.78 is 1.62. The highest BCUT2D eigenvalue weighted by atomic mass is 15.3. The number of hydrogen-bond donors (Lipinski definition) is 2. The van der Waals surface area contributed by atoms with Crippen LogP contribution >= 0.6 is 0 Å². The van der Waals surface area contributed by atoms with Gasteiger partial charge in [0.25, 0.3) is 0 Å². The number of nitrogens with one attached hydrogen (secondary N) is 1. The highest BCUT2D eigenvalue weighted by Crippen LogP contribution is 2.34. The Morgan fingerprint density at radius 1 is 1.28 bits per heavy atom. The first-order valence-corrected chi connectivity index (χ1v) is 5.36. The number of nitrogens with two attached hydrogens (primary N) is 1. The number of nitrogen functional groups attached to an aromatic ring is 1. The highest BCUT2D eigenvalue weighted by Gasteiger charge is 2.18. The van der Waals surface area contributed by atoms with Gasteiger partial charge in [0.2, 0.25) is 0 Å². The molecule has 0 atom stereocenters. The van der Waals surface area contributed by atoms with E-state index in [9.17, 15) is 0 Å². The SMILES string of the molecule is Cn1nc(-c2cn[nH]n2)c(-c2ccncc2)c1N. The van der Waals surface area contributed by atoms with Crippen LogP contribution in [0.25, 0.3) is 22.5 Å². The summed E-state index contributed by atoms with van der Waals surface area (Å²) in [6, 6.07) is 3.77. The summed E-state index contributed by atoms with van der Waals surface area (Å²) in [5, 5.41) is 14.8. The molecule has 3 aromatic heterocycles. The minimum atomic E-state index is 0.583. The van der Waals surface area contributed by atoms with E-state index in [4.69, 9.17) is 5.73 Å². The molecule has 7 heteroatoms. The number of hydrogen-bond acceptors (Lipinski definition) is 5. The molecular formula is C11H11N7. The maximum atomic E-state index is 6.06. The zero-order chi connectivity index (χ0) is 12.5. The second-order valence-electron chi connectivity index (χ2n) is 3.82. The van der Waals surface area contributed by atoms with Crippen LogP contribution in [0.2, 0.25) is 0 Å². The zero-order valence-corrected chi connectivity index (χ0v) is 9.70. The Morgan fingerprint density at radius 3 is 2.72 bits per heavy atom. The van der Waals surface area contributed by atoms with Crippen molar-refractivity contribution in [2.75, 3.05) is 5.73 Å². The van der Waals surface area contributed by atoms with Crippen molar-refractivity contribution >= 4 is 5.82 Å². The number of rotatable bonds is 2. The lowest BCUT2D eigenvalue weighted by atomic mass is 10.1. The third-order valence-electron chi connectivity index (χ3n) is 2.72. The van der Waals surface area contributed by atoms with Gasteiger partial charge >= 0.3 is 0 Å². The van der Waals surface area contributed by atoms with Gasteiger partial charge in [-0.15, -0.1) is 0 Å². The van der Waals surface area contributed by atoms with Crippen LogP contribution in [0.3, 0.4) is 0 Å². The molecule has 0 unspecified atom stereocenters. The monoisotopic (exact) mass is 241 g/mol. The fraction of sp³-hybridized carbons (Fsp3) is 0.0909. The number of anilines is 1. The standard InChI is InChI=1S/C11H11N7/c1-18-11(12)9(7-2-4-13-5-3-7)10(16-18)8-6-14-17-15-8/h2-6H,12H2,1H3,(H,14,15,17). The summed E-state index contributed by atoms with van der Waals surface area (Å²) in [5.41, 5.74) is 9.22. The normalized spacial score (nSPS) is 10.7. The number of aromatic amines is 1. The van der Waals surface area contributed by atoms with Gasteiger partial charge in [-0.25, -0.2) is 0 Å². The Kier molecular flexibility index (Phi) is 2.30. The molecule has 7 nitrogen and oxygen atoms in total. The van der Waals surface area contributed by atoms with Crippen molar-refractivity contribution in [2.24, 2.45) is 7.05 Å². The molecule has 0 bridgehead atoms. The van der Waals surface area contributed by atoms with E-state index >= 15 is 0 Å². The molecule has 0 aromatic carbocycles. The van der Waals surface area contributed by atoms with Crippen LogP contribution in [0, 0.1) is 0 Å². The molecule has 3 N–H and O–H groups in total. The van der Waals surface area contributed by atoms with E-state index in [0.717, 1.165) is 11.1 Å². The summed E-state index contributed by atoms with van der Waals surface area (Å²) >= 11 is 0. The third-order valence-corrected chi connectivity index (χ3v) is 2.72. The molecule has 0 aliphatic heterocycles. The summed E-state index contributed by atoms with van der Waals surface area (Å²) in [6.07, 6.45) is 5.05. The van der Waals surface area contributed by atoms with Gasteiger partial charge in [0.15, 0.2) is 0 Å². The van der Waals surface area contributed by atoms with E-state index < -0.39 is 0 Å². The van der Waals surface area contributed by atoms with Crippen LogP contribution in [0.4, 0.5) is 5.82 Å². The molecule has 0 saturated carbocycles. The Hall–Kier alpha value is -2.70. The van der Waals surface area contributed by atoms with Crippen molar-refractivity contribution < 1.29 is 0 Å². The smallest absolute Gasteiger partial charge is 0.133 e. The second kappa shape index (κ2) is 3.95. The molecule has 0 spiro atoms. The molecule has 3 rings (SSSR count). The fourth-order valence-corrected chi connectivity index (χ4v) is 1.84. The first-order chi connectivity index (χ1) is 8.77. The molecule has 90 valence electrons. The van der Waals surface area contributed by atoms with Gasteiger partial charge < -0.3 is 5.73 Å². The van der Waals surface area contributed by atoms with Crippen molar-refractivity contribution in [3.05, 3.63) is 30.7 Å². The highest BCUT2D eigenvalue weighted by molar-refractivity contribution is 5.86. The fourth-order valence-electron chi connectivity index (χ4n) is 1.84. The molecule has 0 saturated heterocycles. The maximum Gasteiger partial charge on any atom is 0.133 e. The number of nitrogens with zero attached hydrogens (tertiary/aromatic N) is 5. The molecule has 0 fully saturated rings. The largest absolute Gasteiger partial charge is 0.383 e. The van der Waals surface area contributed by atoms with Gasteiger partial charge in [-0.3, -0.25) is 9.67 Å². The number of aromatic nitrogens is 6. The van der Waals surface area contributed by atoms with Crippen LogP contribution in [-0.4, -0.2) is 30.2 Å². The molecular weight excluding hydrogens is 230 g/mol. The van der Waals surface area contributed by atoms with Gasteiger partial charge in [0, 0.05) is 19.4 Å². The van der Waals surface area contributed by atoms with Gasteiger partial charge in [0.05, 0.1) is 11.8 Å². The lowest BCUT2D eigenvalue weighted by Gasteiger charge is -2.01. The predicted octanol–water partition coefficient (Wildman–Crippen LogP) is 0.849. The first kappa shape index (κ1) is 10.5. The molecule has 0 aliphatic rings. The van der Waals surface area contributed by atoms with Crippen molar-refractivity contribution in [2.45, 2.75) is 0 Å². The average Bonchev–Trinajstić information content (AvgIpc) is 3.00. The van der Waals surface area contributed by atoms with E-state index in [2.05, 4.69) is 25.5 Å².